The van der Waals surface area contributed by atoms with Gasteiger partial charge in [0, 0.05) is 19.0 Å². The van der Waals surface area contributed by atoms with Crippen molar-refractivity contribution in [2.75, 3.05) is 13.2 Å². The molecule has 1 aliphatic rings. The Morgan fingerprint density at radius 1 is 1.21 bits per heavy atom. The molecule has 1 heterocycles. The lowest BCUT2D eigenvalue weighted by Gasteiger charge is -2.15. The van der Waals surface area contributed by atoms with Gasteiger partial charge in [0.15, 0.2) is 0 Å². The lowest BCUT2D eigenvalue weighted by Crippen LogP contribution is -2.24. The maximum absolute atomic E-state index is 5.94. The lowest BCUT2D eigenvalue weighted by atomic mass is 9.94. The first-order valence-electron chi connectivity index (χ1n) is 7.77. The Morgan fingerprint density at radius 3 is 2.63 bits per heavy atom. The summed E-state index contributed by atoms with van der Waals surface area (Å²) in [5.74, 6) is 0. The van der Waals surface area contributed by atoms with E-state index in [9.17, 15) is 0 Å². The van der Waals surface area contributed by atoms with Gasteiger partial charge in [0.05, 0.1) is 24.9 Å². The van der Waals surface area contributed by atoms with Crippen LogP contribution in [0.4, 0.5) is 0 Å². The summed E-state index contributed by atoms with van der Waals surface area (Å²) >= 11 is 0. The molecular formula is C15H29BO3. The van der Waals surface area contributed by atoms with E-state index in [2.05, 4.69) is 6.92 Å². The summed E-state index contributed by atoms with van der Waals surface area (Å²) in [7, 11) is 5.94. The second kappa shape index (κ2) is 9.79. The number of hydrogen-bond acceptors (Lipinski definition) is 3. The fraction of sp³-hybridized carbons (Fsp3) is 1.00. The first-order chi connectivity index (χ1) is 9.13. The zero-order chi connectivity index (χ0) is 14.1. The molecule has 0 spiro atoms. The van der Waals surface area contributed by atoms with Crippen LogP contribution in [0.25, 0.3) is 0 Å². The van der Waals surface area contributed by atoms with Gasteiger partial charge in [-0.15, -0.1) is 0 Å². The van der Waals surface area contributed by atoms with Gasteiger partial charge in [0.25, 0.3) is 0 Å². The monoisotopic (exact) mass is 268 g/mol. The fourth-order valence-corrected chi connectivity index (χ4v) is 2.27. The highest BCUT2D eigenvalue weighted by atomic mass is 16.6. The molecule has 0 bridgehead atoms. The fourth-order valence-electron chi connectivity index (χ4n) is 2.27. The SMILES string of the molecule is [B][C@@H]1O[C@H](COC(C)C)CC1OCCCCCCC. The molecule has 0 N–H and O–H groups in total. The minimum atomic E-state index is -0.295. The van der Waals surface area contributed by atoms with E-state index in [1.807, 2.05) is 13.8 Å². The predicted octanol–water partition coefficient (Wildman–Crippen LogP) is 3.05. The Balaban J connectivity index is 2.07. The third-order valence-corrected chi connectivity index (χ3v) is 3.41. The van der Waals surface area contributed by atoms with E-state index < -0.39 is 0 Å². The maximum Gasteiger partial charge on any atom is 0.112 e. The van der Waals surface area contributed by atoms with Crippen LogP contribution in [0.3, 0.4) is 0 Å². The minimum Gasteiger partial charge on any atom is -0.380 e. The minimum absolute atomic E-state index is 0.0342. The van der Waals surface area contributed by atoms with Gasteiger partial charge in [-0.05, 0) is 20.3 Å². The molecule has 1 fully saturated rings. The zero-order valence-electron chi connectivity index (χ0n) is 12.8. The van der Waals surface area contributed by atoms with Crippen molar-refractivity contribution in [3.8, 4) is 0 Å². The Kier molecular flexibility index (Phi) is 8.76. The maximum atomic E-state index is 5.94. The van der Waals surface area contributed by atoms with E-state index in [-0.39, 0.29) is 24.3 Å². The highest BCUT2D eigenvalue weighted by Crippen LogP contribution is 2.22. The summed E-state index contributed by atoms with van der Waals surface area (Å²) in [4.78, 5) is 0. The van der Waals surface area contributed by atoms with Crippen molar-refractivity contribution in [3.05, 3.63) is 0 Å². The van der Waals surface area contributed by atoms with Crippen molar-refractivity contribution in [2.45, 2.75) is 83.6 Å². The van der Waals surface area contributed by atoms with Gasteiger partial charge < -0.3 is 14.2 Å². The van der Waals surface area contributed by atoms with Crippen LogP contribution in [-0.4, -0.2) is 45.4 Å². The Labute approximate surface area is 119 Å². The van der Waals surface area contributed by atoms with E-state index in [1.165, 1.54) is 25.7 Å². The van der Waals surface area contributed by atoms with Crippen molar-refractivity contribution in [1.29, 1.82) is 0 Å². The van der Waals surface area contributed by atoms with Crippen molar-refractivity contribution in [1.82, 2.24) is 0 Å². The molecule has 1 unspecified atom stereocenters. The number of hydrogen-bond donors (Lipinski definition) is 0. The molecule has 1 rings (SSSR count). The van der Waals surface area contributed by atoms with Gasteiger partial charge in [-0.25, -0.2) is 0 Å². The summed E-state index contributed by atoms with van der Waals surface area (Å²) in [5, 5.41) is 0. The van der Waals surface area contributed by atoms with Crippen LogP contribution in [0.1, 0.15) is 59.3 Å². The number of unbranched alkanes of at least 4 members (excludes halogenated alkanes) is 4. The van der Waals surface area contributed by atoms with Crippen LogP contribution in [0, 0.1) is 0 Å². The predicted molar refractivity (Wildman–Crippen MR) is 78.6 cm³/mol. The van der Waals surface area contributed by atoms with Crippen LogP contribution >= 0.6 is 0 Å². The Bertz CT molecular complexity index is 223. The first-order valence-corrected chi connectivity index (χ1v) is 7.77. The van der Waals surface area contributed by atoms with Gasteiger partial charge in [-0.2, -0.15) is 0 Å². The average molecular weight is 268 g/mol. The highest BCUT2D eigenvalue weighted by Gasteiger charge is 2.32. The molecule has 110 valence electrons. The molecule has 2 radical (unpaired) electrons. The summed E-state index contributed by atoms with van der Waals surface area (Å²) in [6.45, 7) is 7.69. The summed E-state index contributed by atoms with van der Waals surface area (Å²) < 4.78 is 17.0. The molecule has 1 saturated heterocycles. The van der Waals surface area contributed by atoms with Gasteiger partial charge in [-0.3, -0.25) is 0 Å². The smallest absolute Gasteiger partial charge is 0.112 e. The molecule has 4 heteroatoms. The molecule has 0 amide bonds. The molecule has 0 aliphatic carbocycles. The van der Waals surface area contributed by atoms with Gasteiger partial charge in [0.1, 0.15) is 7.85 Å². The third-order valence-electron chi connectivity index (χ3n) is 3.41. The average Bonchev–Trinajstić information content (AvgIpc) is 2.72. The molecular weight excluding hydrogens is 239 g/mol. The molecule has 3 nitrogen and oxygen atoms in total. The van der Waals surface area contributed by atoms with E-state index in [0.29, 0.717) is 6.61 Å². The standard InChI is InChI=1S/C15H29BO3/c1-4-5-6-7-8-9-17-14-10-13(19-15(14)16)11-18-12(2)3/h12-15H,4-11H2,1-3H3/t13-,14?,15+/m0/s1. The normalized spacial score (nSPS) is 27.3. The molecule has 19 heavy (non-hydrogen) atoms. The van der Waals surface area contributed by atoms with E-state index in [1.54, 1.807) is 0 Å². The Hall–Kier alpha value is -0.0551. The van der Waals surface area contributed by atoms with Crippen LogP contribution < -0.4 is 0 Å². The quantitative estimate of drug-likeness (QED) is 0.450. The Morgan fingerprint density at radius 2 is 1.95 bits per heavy atom. The number of ether oxygens (including phenoxy) is 3. The van der Waals surface area contributed by atoms with Gasteiger partial charge >= 0.3 is 0 Å². The molecule has 0 saturated carbocycles. The lowest BCUT2D eigenvalue weighted by molar-refractivity contribution is -0.0232. The summed E-state index contributed by atoms with van der Waals surface area (Å²) in [6.07, 6.45) is 7.47. The third kappa shape index (κ3) is 7.33. The summed E-state index contributed by atoms with van der Waals surface area (Å²) in [5.41, 5.74) is 0. The molecule has 0 aromatic carbocycles. The van der Waals surface area contributed by atoms with Crippen LogP contribution in [0.2, 0.25) is 0 Å². The molecule has 0 aromatic rings. The van der Waals surface area contributed by atoms with Crippen molar-refractivity contribution < 1.29 is 14.2 Å². The topological polar surface area (TPSA) is 27.7 Å². The first kappa shape index (κ1) is 17.0. The van der Waals surface area contributed by atoms with E-state index in [4.69, 9.17) is 22.1 Å². The van der Waals surface area contributed by atoms with Gasteiger partial charge in [0.2, 0.25) is 0 Å². The molecule has 0 aromatic heterocycles. The van der Waals surface area contributed by atoms with Crippen LogP contribution in [0.5, 0.6) is 0 Å². The highest BCUT2D eigenvalue weighted by molar-refractivity contribution is 6.11. The van der Waals surface area contributed by atoms with Crippen molar-refractivity contribution >= 4 is 7.85 Å². The van der Waals surface area contributed by atoms with Crippen molar-refractivity contribution in [2.24, 2.45) is 0 Å². The zero-order valence-corrected chi connectivity index (χ0v) is 12.8. The van der Waals surface area contributed by atoms with E-state index >= 15 is 0 Å². The van der Waals surface area contributed by atoms with Crippen molar-refractivity contribution in [3.63, 3.8) is 0 Å². The second-order valence-corrected chi connectivity index (χ2v) is 5.66. The molecule has 3 atom stereocenters. The van der Waals surface area contributed by atoms with Gasteiger partial charge in [-0.1, -0.05) is 32.6 Å². The molecule has 1 aliphatic heterocycles. The largest absolute Gasteiger partial charge is 0.380 e. The van der Waals surface area contributed by atoms with Crippen LogP contribution in [0.15, 0.2) is 0 Å². The second-order valence-electron chi connectivity index (χ2n) is 5.66. The summed E-state index contributed by atoms with van der Waals surface area (Å²) in [6, 6.07) is -0.295. The van der Waals surface area contributed by atoms with E-state index in [0.717, 1.165) is 19.4 Å². The number of rotatable bonds is 10. The van der Waals surface area contributed by atoms with Crippen LogP contribution in [-0.2, 0) is 14.2 Å².